The lowest BCUT2D eigenvalue weighted by Crippen LogP contribution is -2.03. The van der Waals surface area contributed by atoms with Gasteiger partial charge in [0.25, 0.3) is 0 Å². The molecular formula is C18H16ClN3S. The molecule has 23 heavy (non-hydrogen) atoms. The van der Waals surface area contributed by atoms with E-state index in [1.54, 1.807) is 0 Å². The van der Waals surface area contributed by atoms with Crippen LogP contribution in [0.4, 0.5) is 5.82 Å². The van der Waals surface area contributed by atoms with Crippen LogP contribution in [0.3, 0.4) is 0 Å². The molecular weight excluding hydrogens is 326 g/mol. The van der Waals surface area contributed by atoms with Crippen molar-refractivity contribution in [2.24, 2.45) is 0 Å². The number of hydrogen-bond donors (Lipinski definition) is 1. The highest BCUT2D eigenvalue weighted by Crippen LogP contribution is 2.23. The number of halogens is 1. The molecule has 0 atom stereocenters. The van der Waals surface area contributed by atoms with Crippen molar-refractivity contribution in [1.29, 1.82) is 0 Å². The number of rotatable bonds is 5. The second kappa shape index (κ2) is 7.49. The van der Waals surface area contributed by atoms with Gasteiger partial charge in [-0.2, -0.15) is 0 Å². The van der Waals surface area contributed by atoms with Crippen LogP contribution in [-0.2, 0) is 6.54 Å². The summed E-state index contributed by atoms with van der Waals surface area (Å²) in [5.74, 6) is 0.818. The molecule has 1 aromatic heterocycles. The molecule has 0 bridgehead atoms. The smallest absolute Gasteiger partial charge is 0.189 e. The van der Waals surface area contributed by atoms with E-state index in [1.807, 2.05) is 54.8 Å². The summed E-state index contributed by atoms with van der Waals surface area (Å²) in [6.07, 6.45) is 1.98. The third-order valence-electron chi connectivity index (χ3n) is 3.34. The third kappa shape index (κ3) is 4.24. The van der Waals surface area contributed by atoms with Crippen LogP contribution in [0.1, 0.15) is 5.56 Å². The first-order valence-electron chi connectivity index (χ1n) is 7.21. The van der Waals surface area contributed by atoms with Gasteiger partial charge in [-0.3, -0.25) is 0 Å². The van der Waals surface area contributed by atoms with Gasteiger partial charge >= 0.3 is 0 Å². The second-order valence-corrected chi connectivity index (χ2v) is 6.18. The molecule has 5 heteroatoms. The Kier molecular flexibility index (Phi) is 5.16. The Morgan fingerprint density at radius 2 is 1.74 bits per heavy atom. The molecule has 0 aliphatic heterocycles. The van der Waals surface area contributed by atoms with E-state index in [4.69, 9.17) is 11.6 Å². The molecule has 0 radical (unpaired) electrons. The van der Waals surface area contributed by atoms with Crippen molar-refractivity contribution in [1.82, 2.24) is 9.97 Å². The van der Waals surface area contributed by atoms with Gasteiger partial charge in [0.15, 0.2) is 5.16 Å². The zero-order valence-electron chi connectivity index (χ0n) is 12.7. The van der Waals surface area contributed by atoms with Crippen LogP contribution < -0.4 is 5.32 Å². The van der Waals surface area contributed by atoms with Gasteiger partial charge in [0.1, 0.15) is 5.82 Å². The van der Waals surface area contributed by atoms with E-state index in [0.717, 1.165) is 32.8 Å². The predicted octanol–water partition coefficient (Wildman–Crippen LogP) is 5.13. The van der Waals surface area contributed by atoms with E-state index >= 15 is 0 Å². The lowest BCUT2D eigenvalue weighted by atomic mass is 10.1. The average Bonchev–Trinajstić information content (AvgIpc) is 2.61. The zero-order chi connectivity index (χ0) is 16.1. The molecule has 0 aliphatic rings. The fourth-order valence-corrected chi connectivity index (χ4v) is 2.66. The molecule has 2 aromatic carbocycles. The van der Waals surface area contributed by atoms with Crippen LogP contribution in [0, 0.1) is 0 Å². The standard InChI is InChI=1S/C18H16ClN3S/c1-23-18-21-16(14-5-3-2-4-6-14)11-17(22-18)20-12-13-7-9-15(19)10-8-13/h2-11H,12H2,1H3,(H,20,21,22). The molecule has 116 valence electrons. The molecule has 1 N–H and O–H groups in total. The number of nitrogens with one attached hydrogen (secondary N) is 1. The van der Waals surface area contributed by atoms with E-state index in [-0.39, 0.29) is 0 Å². The minimum Gasteiger partial charge on any atom is -0.366 e. The SMILES string of the molecule is CSc1nc(NCc2ccc(Cl)cc2)cc(-c2ccccc2)n1. The minimum absolute atomic E-state index is 0.691. The van der Waals surface area contributed by atoms with Crippen molar-refractivity contribution < 1.29 is 0 Å². The van der Waals surface area contributed by atoms with Crippen molar-refractivity contribution in [2.45, 2.75) is 11.7 Å². The first kappa shape index (κ1) is 15.8. The van der Waals surface area contributed by atoms with E-state index in [1.165, 1.54) is 11.8 Å². The largest absolute Gasteiger partial charge is 0.366 e. The Bertz CT molecular complexity index is 776. The highest BCUT2D eigenvalue weighted by Gasteiger charge is 2.06. The summed E-state index contributed by atoms with van der Waals surface area (Å²) in [6, 6.07) is 19.9. The number of anilines is 1. The molecule has 3 nitrogen and oxygen atoms in total. The predicted molar refractivity (Wildman–Crippen MR) is 98.0 cm³/mol. The molecule has 0 unspecified atom stereocenters. The molecule has 0 saturated heterocycles. The van der Waals surface area contributed by atoms with Gasteiger partial charge in [-0.1, -0.05) is 65.8 Å². The van der Waals surface area contributed by atoms with Gasteiger partial charge in [0, 0.05) is 23.2 Å². The van der Waals surface area contributed by atoms with E-state index in [2.05, 4.69) is 27.4 Å². The fraction of sp³-hybridized carbons (Fsp3) is 0.111. The van der Waals surface area contributed by atoms with E-state index in [9.17, 15) is 0 Å². The van der Waals surface area contributed by atoms with Crippen LogP contribution in [0.25, 0.3) is 11.3 Å². The van der Waals surface area contributed by atoms with E-state index in [0.29, 0.717) is 6.54 Å². The van der Waals surface area contributed by atoms with Gasteiger partial charge in [-0.25, -0.2) is 9.97 Å². The van der Waals surface area contributed by atoms with Crippen LogP contribution >= 0.6 is 23.4 Å². The number of benzene rings is 2. The molecule has 3 rings (SSSR count). The van der Waals surface area contributed by atoms with E-state index < -0.39 is 0 Å². The summed E-state index contributed by atoms with van der Waals surface area (Å²) in [5.41, 5.74) is 3.16. The summed E-state index contributed by atoms with van der Waals surface area (Å²) in [5, 5.41) is 4.85. The molecule has 0 amide bonds. The Labute approximate surface area is 145 Å². The van der Waals surface area contributed by atoms with Gasteiger partial charge in [-0.05, 0) is 24.0 Å². The number of thioether (sulfide) groups is 1. The summed E-state index contributed by atoms with van der Waals surface area (Å²) in [4.78, 5) is 9.11. The Balaban J connectivity index is 1.82. The van der Waals surface area contributed by atoms with Gasteiger partial charge in [0.2, 0.25) is 0 Å². The topological polar surface area (TPSA) is 37.8 Å². The van der Waals surface area contributed by atoms with Crippen LogP contribution in [0.5, 0.6) is 0 Å². The third-order valence-corrected chi connectivity index (χ3v) is 4.14. The number of nitrogens with zero attached hydrogens (tertiary/aromatic N) is 2. The van der Waals surface area contributed by atoms with Crippen molar-refractivity contribution >= 4 is 29.2 Å². The number of aromatic nitrogens is 2. The minimum atomic E-state index is 0.691. The molecule has 0 saturated carbocycles. The maximum absolute atomic E-state index is 5.91. The first-order valence-corrected chi connectivity index (χ1v) is 8.81. The summed E-state index contributed by atoms with van der Waals surface area (Å²) >= 11 is 7.45. The van der Waals surface area contributed by atoms with Crippen molar-refractivity contribution in [3.63, 3.8) is 0 Å². The van der Waals surface area contributed by atoms with Gasteiger partial charge < -0.3 is 5.32 Å². The maximum atomic E-state index is 5.91. The highest BCUT2D eigenvalue weighted by molar-refractivity contribution is 7.98. The summed E-state index contributed by atoms with van der Waals surface area (Å²) in [6.45, 7) is 0.691. The Morgan fingerprint density at radius 3 is 2.43 bits per heavy atom. The lowest BCUT2D eigenvalue weighted by Gasteiger charge is -2.09. The fourth-order valence-electron chi connectivity index (χ4n) is 2.16. The molecule has 3 aromatic rings. The van der Waals surface area contributed by atoms with Crippen LogP contribution in [-0.4, -0.2) is 16.2 Å². The zero-order valence-corrected chi connectivity index (χ0v) is 14.2. The Hall–Kier alpha value is -2.04. The molecule has 1 heterocycles. The first-order chi connectivity index (χ1) is 11.2. The van der Waals surface area contributed by atoms with Gasteiger partial charge in [-0.15, -0.1) is 0 Å². The van der Waals surface area contributed by atoms with Crippen LogP contribution in [0.2, 0.25) is 5.02 Å². The monoisotopic (exact) mass is 341 g/mol. The van der Waals surface area contributed by atoms with Crippen molar-refractivity contribution in [3.05, 3.63) is 71.2 Å². The van der Waals surface area contributed by atoms with Gasteiger partial charge in [0.05, 0.1) is 5.69 Å². The van der Waals surface area contributed by atoms with Crippen molar-refractivity contribution in [2.75, 3.05) is 11.6 Å². The summed E-state index contributed by atoms with van der Waals surface area (Å²) in [7, 11) is 0. The highest BCUT2D eigenvalue weighted by atomic mass is 35.5. The molecule has 0 fully saturated rings. The summed E-state index contributed by atoms with van der Waals surface area (Å²) < 4.78 is 0. The Morgan fingerprint density at radius 1 is 1.00 bits per heavy atom. The second-order valence-electron chi connectivity index (χ2n) is 4.97. The average molecular weight is 342 g/mol. The number of hydrogen-bond acceptors (Lipinski definition) is 4. The van der Waals surface area contributed by atoms with Crippen LogP contribution in [0.15, 0.2) is 65.8 Å². The van der Waals surface area contributed by atoms with Crippen molar-refractivity contribution in [3.8, 4) is 11.3 Å². The molecule has 0 aliphatic carbocycles. The lowest BCUT2D eigenvalue weighted by molar-refractivity contribution is 0.961. The molecule has 0 spiro atoms. The quantitative estimate of drug-likeness (QED) is 0.515. The normalized spacial score (nSPS) is 10.5. The maximum Gasteiger partial charge on any atom is 0.189 e.